The molecule has 1 heterocycles. The van der Waals surface area contributed by atoms with Crippen molar-refractivity contribution in [2.24, 2.45) is 10.5 Å². The number of benzene rings is 2. The van der Waals surface area contributed by atoms with E-state index in [4.69, 9.17) is 4.74 Å². The van der Waals surface area contributed by atoms with Gasteiger partial charge in [0.1, 0.15) is 18.2 Å². The largest absolute Gasteiger partial charge is 0.383 e. The van der Waals surface area contributed by atoms with Crippen LogP contribution >= 0.6 is 0 Å². The van der Waals surface area contributed by atoms with Gasteiger partial charge in [0, 0.05) is 32.1 Å². The first-order chi connectivity index (χ1) is 16.1. The first-order valence-electron chi connectivity index (χ1n) is 11.3. The predicted molar refractivity (Wildman–Crippen MR) is 126 cm³/mol. The minimum Gasteiger partial charge on any atom is -0.383 e. The first kappa shape index (κ1) is 25.5. The molecule has 2 aromatic carbocycles. The Kier molecular flexibility index (Phi) is 8.15. The van der Waals surface area contributed by atoms with Crippen molar-refractivity contribution < 1.29 is 23.1 Å². The van der Waals surface area contributed by atoms with Crippen molar-refractivity contribution in [3.8, 4) is 0 Å². The Hall–Kier alpha value is -3.13. The fourth-order valence-electron chi connectivity index (χ4n) is 3.84. The number of methoxy groups -OCH3 is 1. The van der Waals surface area contributed by atoms with Crippen LogP contribution in [0.25, 0.3) is 0 Å². The van der Waals surface area contributed by atoms with E-state index in [1.807, 2.05) is 20.8 Å². The first-order valence-corrected chi connectivity index (χ1v) is 11.3. The van der Waals surface area contributed by atoms with Crippen LogP contribution in [0.5, 0.6) is 0 Å². The normalized spacial score (nSPS) is 15.9. The number of nitrogens with zero attached hydrogens (tertiary/aromatic N) is 3. The minimum atomic E-state index is -0.537. The number of carbonyl (C=O) groups excluding carboxylic acids is 2. The van der Waals surface area contributed by atoms with E-state index in [2.05, 4.69) is 5.10 Å². The predicted octanol–water partition coefficient (Wildman–Crippen LogP) is 4.55. The van der Waals surface area contributed by atoms with Gasteiger partial charge < -0.3 is 9.64 Å². The Bertz CT molecular complexity index is 1050. The maximum atomic E-state index is 14.5. The van der Waals surface area contributed by atoms with Gasteiger partial charge in [-0.3, -0.25) is 9.59 Å². The number of ether oxygens (including phenoxy) is 1. The Morgan fingerprint density at radius 1 is 1.12 bits per heavy atom. The van der Waals surface area contributed by atoms with Crippen LogP contribution in [0.1, 0.15) is 50.8 Å². The van der Waals surface area contributed by atoms with Crippen LogP contribution in [0.4, 0.5) is 8.78 Å². The average Bonchev–Trinajstić information content (AvgIpc) is 3.21. The molecule has 2 aromatic rings. The second-order valence-electron chi connectivity index (χ2n) is 9.58. The number of hydrogen-bond donors (Lipinski definition) is 0. The number of hydrogen-bond acceptors (Lipinski definition) is 4. The quantitative estimate of drug-likeness (QED) is 0.567. The summed E-state index contributed by atoms with van der Waals surface area (Å²) in [6.45, 7) is 6.22. The fraction of sp³-hybridized carbons (Fsp3) is 0.423. The molecule has 3 rings (SSSR count). The van der Waals surface area contributed by atoms with Crippen LogP contribution in [-0.2, 0) is 14.3 Å². The third-order valence-electron chi connectivity index (χ3n) is 5.53. The second kappa shape index (κ2) is 10.9. The molecular formula is C26H31F2N3O3. The zero-order valence-corrected chi connectivity index (χ0v) is 20.1. The molecule has 2 amide bonds. The van der Waals surface area contributed by atoms with Crippen LogP contribution in [0, 0.1) is 17.0 Å². The molecule has 182 valence electrons. The highest BCUT2D eigenvalue weighted by Gasteiger charge is 2.35. The zero-order chi connectivity index (χ0) is 24.9. The van der Waals surface area contributed by atoms with Crippen molar-refractivity contribution in [3.05, 3.63) is 71.3 Å². The van der Waals surface area contributed by atoms with E-state index in [1.54, 1.807) is 30.3 Å². The molecule has 0 bridgehead atoms. The number of halogens is 2. The van der Waals surface area contributed by atoms with Crippen LogP contribution in [-0.4, -0.2) is 54.2 Å². The van der Waals surface area contributed by atoms with Crippen molar-refractivity contribution in [1.82, 2.24) is 9.91 Å². The van der Waals surface area contributed by atoms with Crippen molar-refractivity contribution in [3.63, 3.8) is 0 Å². The van der Waals surface area contributed by atoms with Crippen LogP contribution in [0.3, 0.4) is 0 Å². The summed E-state index contributed by atoms with van der Waals surface area (Å²) in [5.74, 6) is -1.39. The van der Waals surface area contributed by atoms with Gasteiger partial charge in [0.2, 0.25) is 5.91 Å². The van der Waals surface area contributed by atoms with Gasteiger partial charge in [-0.15, -0.1) is 0 Å². The average molecular weight is 472 g/mol. The summed E-state index contributed by atoms with van der Waals surface area (Å²) < 4.78 is 33.1. The summed E-state index contributed by atoms with van der Waals surface area (Å²) in [7, 11) is 1.53. The molecule has 0 fully saturated rings. The van der Waals surface area contributed by atoms with Gasteiger partial charge in [0.05, 0.1) is 18.4 Å². The highest BCUT2D eigenvalue weighted by Crippen LogP contribution is 2.33. The van der Waals surface area contributed by atoms with Crippen LogP contribution in [0.15, 0.2) is 53.6 Å². The lowest BCUT2D eigenvalue weighted by Crippen LogP contribution is -2.43. The summed E-state index contributed by atoms with van der Waals surface area (Å²) >= 11 is 0. The summed E-state index contributed by atoms with van der Waals surface area (Å²) in [6, 6.07) is 11.5. The second-order valence-corrected chi connectivity index (χ2v) is 9.58. The molecule has 1 atom stereocenters. The molecule has 0 aliphatic carbocycles. The molecule has 0 saturated carbocycles. The van der Waals surface area contributed by atoms with E-state index in [1.165, 1.54) is 35.2 Å². The zero-order valence-electron chi connectivity index (χ0n) is 20.1. The lowest BCUT2D eigenvalue weighted by Gasteiger charge is -2.29. The molecule has 0 aromatic heterocycles. The molecule has 1 aliphatic rings. The van der Waals surface area contributed by atoms with E-state index in [0.29, 0.717) is 16.8 Å². The van der Waals surface area contributed by atoms with Gasteiger partial charge in [-0.1, -0.05) is 51.1 Å². The highest BCUT2D eigenvalue weighted by atomic mass is 19.1. The number of hydrazone groups is 1. The maximum absolute atomic E-state index is 14.5. The van der Waals surface area contributed by atoms with E-state index >= 15 is 0 Å². The molecule has 1 aliphatic heterocycles. The van der Waals surface area contributed by atoms with Crippen molar-refractivity contribution in [2.45, 2.75) is 39.7 Å². The smallest absolute Gasteiger partial charge is 0.262 e. The summed E-state index contributed by atoms with van der Waals surface area (Å²) in [5, 5.41) is 5.75. The summed E-state index contributed by atoms with van der Waals surface area (Å²) in [6.07, 6.45) is 0.543. The van der Waals surface area contributed by atoms with Crippen molar-refractivity contribution in [2.75, 3.05) is 26.8 Å². The topological polar surface area (TPSA) is 62.2 Å². The molecule has 34 heavy (non-hydrogen) atoms. The Morgan fingerprint density at radius 3 is 2.41 bits per heavy atom. The fourth-order valence-corrected chi connectivity index (χ4v) is 3.84. The van der Waals surface area contributed by atoms with Gasteiger partial charge in [0.15, 0.2) is 0 Å². The Labute approximate surface area is 199 Å². The Balaban J connectivity index is 1.90. The lowest BCUT2D eigenvalue weighted by molar-refractivity contribution is -0.143. The van der Waals surface area contributed by atoms with E-state index in [-0.39, 0.29) is 43.9 Å². The molecule has 0 N–H and O–H groups in total. The lowest BCUT2D eigenvalue weighted by atomic mass is 9.91. The maximum Gasteiger partial charge on any atom is 0.262 e. The molecule has 0 saturated heterocycles. The monoisotopic (exact) mass is 471 g/mol. The molecule has 0 radical (unpaired) electrons. The molecule has 8 heteroatoms. The molecular weight excluding hydrogens is 440 g/mol. The Morgan fingerprint density at radius 2 is 1.79 bits per heavy atom. The van der Waals surface area contributed by atoms with Crippen LogP contribution in [0.2, 0.25) is 0 Å². The highest BCUT2D eigenvalue weighted by molar-refractivity contribution is 6.03. The van der Waals surface area contributed by atoms with E-state index < -0.39 is 23.6 Å². The van der Waals surface area contributed by atoms with E-state index in [9.17, 15) is 18.4 Å². The van der Waals surface area contributed by atoms with Gasteiger partial charge in [-0.25, -0.2) is 13.8 Å². The summed E-state index contributed by atoms with van der Waals surface area (Å²) in [4.78, 5) is 27.8. The van der Waals surface area contributed by atoms with Gasteiger partial charge in [-0.05, 0) is 29.2 Å². The summed E-state index contributed by atoms with van der Waals surface area (Å²) in [5.41, 5.74) is 1.16. The van der Waals surface area contributed by atoms with Crippen LogP contribution < -0.4 is 0 Å². The molecule has 0 unspecified atom stereocenters. The van der Waals surface area contributed by atoms with Gasteiger partial charge in [-0.2, -0.15) is 5.10 Å². The minimum absolute atomic E-state index is 0.159. The van der Waals surface area contributed by atoms with Crippen molar-refractivity contribution in [1.29, 1.82) is 0 Å². The SMILES string of the molecule is COCCN(CC(=O)N1N=C(c2ccccc2F)C[C@@H]1c1ccc(F)cc1)C(=O)CC(C)(C)C. The number of rotatable bonds is 8. The standard InChI is InChI=1S/C26H31F2N3O3/c1-26(2,3)16-24(32)30(13-14-34-4)17-25(33)31-23(18-9-11-19(27)12-10-18)15-22(29-31)20-7-5-6-8-21(20)28/h5-12,23H,13-17H2,1-4H3/t23-/m1/s1. The van der Waals surface area contributed by atoms with Crippen molar-refractivity contribution >= 4 is 17.5 Å². The third kappa shape index (κ3) is 6.47. The third-order valence-corrected chi connectivity index (χ3v) is 5.53. The molecule has 6 nitrogen and oxygen atoms in total. The van der Waals surface area contributed by atoms with E-state index in [0.717, 1.165) is 0 Å². The van der Waals surface area contributed by atoms with Gasteiger partial charge in [0.25, 0.3) is 5.91 Å². The number of amides is 2. The number of carbonyl (C=O) groups is 2. The molecule has 0 spiro atoms. The van der Waals surface area contributed by atoms with Gasteiger partial charge >= 0.3 is 0 Å².